The Balaban J connectivity index is 1.42. The van der Waals surface area contributed by atoms with Crippen LogP contribution < -0.4 is 9.80 Å². The highest BCUT2D eigenvalue weighted by molar-refractivity contribution is 5.65. The molecular formula is C19H19F3N8. The number of imidazole rings is 1. The summed E-state index contributed by atoms with van der Waals surface area (Å²) in [4.78, 5) is 16.8. The van der Waals surface area contributed by atoms with Gasteiger partial charge in [0, 0.05) is 62.6 Å². The summed E-state index contributed by atoms with van der Waals surface area (Å²) in [6.07, 6.45) is -0.519. The molecule has 30 heavy (non-hydrogen) atoms. The molecule has 4 aromatic rings. The minimum absolute atomic E-state index is 0.211. The third-order valence-electron chi connectivity index (χ3n) is 5.21. The Labute approximate surface area is 169 Å². The van der Waals surface area contributed by atoms with Gasteiger partial charge in [0.05, 0.1) is 5.69 Å². The fourth-order valence-electron chi connectivity index (χ4n) is 3.83. The molecule has 0 radical (unpaired) electrons. The second-order valence-corrected chi connectivity index (χ2v) is 7.39. The summed E-state index contributed by atoms with van der Waals surface area (Å²) >= 11 is 0. The Kier molecular flexibility index (Phi) is 4.09. The van der Waals surface area contributed by atoms with Crippen LogP contribution in [-0.2, 0) is 6.18 Å². The minimum atomic E-state index is -4.49. The Morgan fingerprint density at radius 2 is 1.67 bits per heavy atom. The number of hydrogen-bond donors (Lipinski definition) is 0. The normalized spacial score (nSPS) is 15.5. The van der Waals surface area contributed by atoms with E-state index in [1.165, 1.54) is 16.8 Å². The van der Waals surface area contributed by atoms with Gasteiger partial charge in [0.2, 0.25) is 0 Å². The summed E-state index contributed by atoms with van der Waals surface area (Å²) in [6.45, 7) is 6.43. The van der Waals surface area contributed by atoms with Gasteiger partial charge in [-0.3, -0.25) is 0 Å². The topological polar surface area (TPSA) is 66.9 Å². The van der Waals surface area contributed by atoms with Gasteiger partial charge in [-0.1, -0.05) is 0 Å². The number of halogens is 3. The number of alkyl halides is 3. The highest BCUT2D eigenvalue weighted by Gasteiger charge is 2.35. The molecule has 1 aliphatic rings. The van der Waals surface area contributed by atoms with Crippen LogP contribution in [0.3, 0.4) is 0 Å². The molecule has 0 saturated carbocycles. The van der Waals surface area contributed by atoms with E-state index in [-0.39, 0.29) is 5.65 Å². The fraction of sp³-hybridized carbons (Fsp3) is 0.368. The lowest BCUT2D eigenvalue weighted by Crippen LogP contribution is -2.47. The Morgan fingerprint density at radius 3 is 2.40 bits per heavy atom. The molecule has 8 nitrogen and oxygen atoms in total. The summed E-state index contributed by atoms with van der Waals surface area (Å²) in [6, 6.07) is 3.94. The highest BCUT2D eigenvalue weighted by Crippen LogP contribution is 2.30. The van der Waals surface area contributed by atoms with E-state index in [4.69, 9.17) is 0 Å². The molecule has 11 heteroatoms. The third-order valence-corrected chi connectivity index (χ3v) is 5.21. The standard InChI is InChI=1S/C19H19F3N8/c1-12-10-16(30-15(24-12)9-13(2)26-30)27-5-7-28(8-6-27)17-18-25-14(19(20,21)22)11-29(18)4-3-23-17/h3-4,9-11H,5-8H2,1-2H3. The first-order chi connectivity index (χ1) is 14.3. The van der Waals surface area contributed by atoms with Crippen LogP contribution in [0.4, 0.5) is 24.8 Å². The SMILES string of the molecule is Cc1cc(N2CCN(c3nccn4cc(C(F)(F)F)nc34)CC2)n2nc(C)cc2n1. The number of anilines is 2. The molecular weight excluding hydrogens is 397 g/mol. The zero-order valence-corrected chi connectivity index (χ0v) is 16.4. The van der Waals surface area contributed by atoms with E-state index in [0.29, 0.717) is 32.0 Å². The Bertz CT molecular complexity index is 1230. The number of hydrogen-bond acceptors (Lipinski definition) is 6. The molecule has 0 aromatic carbocycles. The van der Waals surface area contributed by atoms with Gasteiger partial charge < -0.3 is 14.2 Å². The van der Waals surface area contributed by atoms with Crippen molar-refractivity contribution in [3.8, 4) is 0 Å². The first kappa shape index (κ1) is 18.6. The van der Waals surface area contributed by atoms with Gasteiger partial charge in [-0.2, -0.15) is 22.8 Å². The van der Waals surface area contributed by atoms with Gasteiger partial charge in [0.15, 0.2) is 22.8 Å². The molecule has 1 aliphatic heterocycles. The smallest absolute Gasteiger partial charge is 0.353 e. The lowest BCUT2D eigenvalue weighted by molar-refractivity contribution is -0.140. The lowest BCUT2D eigenvalue weighted by atomic mass is 10.3. The van der Waals surface area contributed by atoms with Gasteiger partial charge >= 0.3 is 6.18 Å². The lowest BCUT2D eigenvalue weighted by Gasteiger charge is -2.36. The van der Waals surface area contributed by atoms with Crippen molar-refractivity contribution >= 4 is 22.9 Å². The van der Waals surface area contributed by atoms with Crippen LogP contribution in [0.5, 0.6) is 0 Å². The first-order valence-electron chi connectivity index (χ1n) is 9.54. The summed E-state index contributed by atoms with van der Waals surface area (Å²) < 4.78 is 42.4. The zero-order valence-electron chi connectivity index (χ0n) is 16.4. The Hall–Kier alpha value is -3.37. The number of piperazine rings is 1. The molecule has 4 aromatic heterocycles. The van der Waals surface area contributed by atoms with Crippen LogP contribution in [0.25, 0.3) is 11.3 Å². The van der Waals surface area contributed by atoms with Crippen LogP contribution in [0.2, 0.25) is 0 Å². The van der Waals surface area contributed by atoms with E-state index < -0.39 is 11.9 Å². The molecule has 0 amide bonds. The molecule has 1 saturated heterocycles. The molecule has 0 unspecified atom stereocenters. The van der Waals surface area contributed by atoms with E-state index in [2.05, 4.69) is 25.0 Å². The second kappa shape index (κ2) is 6.57. The van der Waals surface area contributed by atoms with E-state index in [1.54, 1.807) is 0 Å². The number of aryl methyl sites for hydroxylation is 2. The highest BCUT2D eigenvalue weighted by atomic mass is 19.4. The zero-order chi connectivity index (χ0) is 21.0. The van der Waals surface area contributed by atoms with Crippen molar-refractivity contribution in [3.05, 3.63) is 47.8 Å². The van der Waals surface area contributed by atoms with Gasteiger partial charge in [0.1, 0.15) is 5.82 Å². The minimum Gasteiger partial charge on any atom is -0.353 e. The molecule has 1 fully saturated rings. The monoisotopic (exact) mass is 416 g/mol. The number of rotatable bonds is 2. The van der Waals surface area contributed by atoms with Crippen molar-refractivity contribution in [1.82, 2.24) is 29.0 Å². The van der Waals surface area contributed by atoms with Crippen LogP contribution >= 0.6 is 0 Å². The van der Waals surface area contributed by atoms with E-state index in [1.807, 2.05) is 35.4 Å². The summed E-state index contributed by atoms with van der Waals surface area (Å²) in [5.74, 6) is 1.41. The number of fused-ring (bicyclic) bond motifs is 2. The summed E-state index contributed by atoms with van der Waals surface area (Å²) in [5, 5.41) is 4.54. The van der Waals surface area contributed by atoms with Crippen molar-refractivity contribution in [1.29, 1.82) is 0 Å². The van der Waals surface area contributed by atoms with Gasteiger partial charge in [-0.05, 0) is 13.8 Å². The Morgan fingerprint density at radius 1 is 0.933 bits per heavy atom. The second-order valence-electron chi connectivity index (χ2n) is 7.39. The largest absolute Gasteiger partial charge is 0.434 e. The van der Waals surface area contributed by atoms with Crippen molar-refractivity contribution < 1.29 is 13.2 Å². The molecule has 5 heterocycles. The predicted octanol–water partition coefficient (Wildman–Crippen LogP) is 2.73. The van der Waals surface area contributed by atoms with Crippen LogP contribution in [0.15, 0.2) is 30.7 Å². The van der Waals surface area contributed by atoms with Crippen LogP contribution in [0.1, 0.15) is 17.1 Å². The molecule has 0 N–H and O–H groups in total. The maximum Gasteiger partial charge on any atom is 0.434 e. The third kappa shape index (κ3) is 3.10. The van der Waals surface area contributed by atoms with E-state index in [9.17, 15) is 13.2 Å². The quantitative estimate of drug-likeness (QED) is 0.501. The summed E-state index contributed by atoms with van der Waals surface area (Å²) in [7, 11) is 0. The predicted molar refractivity (Wildman–Crippen MR) is 105 cm³/mol. The fourth-order valence-corrected chi connectivity index (χ4v) is 3.83. The molecule has 5 rings (SSSR count). The number of nitrogens with zero attached hydrogens (tertiary/aromatic N) is 8. The van der Waals surface area contributed by atoms with Gasteiger partial charge in [-0.15, -0.1) is 0 Å². The average molecular weight is 416 g/mol. The van der Waals surface area contributed by atoms with Crippen molar-refractivity contribution in [2.75, 3.05) is 36.0 Å². The van der Waals surface area contributed by atoms with Crippen molar-refractivity contribution in [3.63, 3.8) is 0 Å². The maximum absolute atomic E-state index is 13.1. The first-order valence-corrected chi connectivity index (χ1v) is 9.54. The summed E-state index contributed by atoms with van der Waals surface area (Å²) in [5.41, 5.74) is 1.89. The van der Waals surface area contributed by atoms with Crippen LogP contribution in [0, 0.1) is 13.8 Å². The van der Waals surface area contributed by atoms with Crippen molar-refractivity contribution in [2.24, 2.45) is 0 Å². The molecule has 0 spiro atoms. The van der Waals surface area contributed by atoms with Crippen molar-refractivity contribution in [2.45, 2.75) is 20.0 Å². The maximum atomic E-state index is 13.1. The molecule has 0 aliphatic carbocycles. The molecule has 0 bridgehead atoms. The van der Waals surface area contributed by atoms with Crippen LogP contribution in [-0.4, -0.2) is 55.1 Å². The van der Waals surface area contributed by atoms with Gasteiger partial charge in [-0.25, -0.2) is 15.0 Å². The number of aromatic nitrogens is 6. The van der Waals surface area contributed by atoms with E-state index >= 15 is 0 Å². The average Bonchev–Trinajstić information content (AvgIpc) is 3.30. The molecule has 0 atom stereocenters. The van der Waals surface area contributed by atoms with Gasteiger partial charge in [0.25, 0.3) is 0 Å². The van der Waals surface area contributed by atoms with E-state index in [0.717, 1.165) is 29.0 Å². The molecule has 156 valence electrons.